The van der Waals surface area contributed by atoms with Gasteiger partial charge < -0.3 is 5.32 Å². The normalized spacial score (nSPS) is 12.6. The maximum absolute atomic E-state index is 13.2. The average Bonchev–Trinajstić information content (AvgIpc) is 2.75. The molecule has 2 rings (SSSR count). The smallest absolute Gasteiger partial charge is 0.123 e. The summed E-state index contributed by atoms with van der Waals surface area (Å²) in [6, 6.07) is 9.32. The van der Waals surface area contributed by atoms with E-state index < -0.39 is 0 Å². The number of hydrogen-bond donors (Lipinski definition) is 1. The van der Waals surface area contributed by atoms with Crippen LogP contribution >= 0.6 is 11.3 Å². The molecule has 0 bridgehead atoms. The van der Waals surface area contributed by atoms with Crippen molar-refractivity contribution in [1.29, 1.82) is 0 Å². The van der Waals surface area contributed by atoms with Crippen molar-refractivity contribution in [2.75, 3.05) is 6.54 Å². The fraction of sp³-hybridized carbons (Fsp3) is 0.333. The predicted molar refractivity (Wildman–Crippen MR) is 75.6 cm³/mol. The van der Waals surface area contributed by atoms with Gasteiger partial charge in [-0.25, -0.2) is 4.39 Å². The van der Waals surface area contributed by atoms with E-state index in [9.17, 15) is 4.39 Å². The SMILES string of the molecule is CCNC(Cc1cccc(F)c1)c1csc(C)c1. The lowest BCUT2D eigenvalue weighted by Gasteiger charge is -2.17. The van der Waals surface area contributed by atoms with Crippen LogP contribution in [0.2, 0.25) is 0 Å². The predicted octanol–water partition coefficient (Wildman–Crippen LogP) is 4.09. The summed E-state index contributed by atoms with van der Waals surface area (Å²) in [6.07, 6.45) is 0.821. The molecule has 2 aromatic rings. The second-order valence-corrected chi connectivity index (χ2v) is 5.55. The fourth-order valence-electron chi connectivity index (χ4n) is 2.10. The van der Waals surface area contributed by atoms with Gasteiger partial charge in [-0.05, 0) is 54.6 Å². The maximum atomic E-state index is 13.2. The third-order valence-electron chi connectivity index (χ3n) is 2.93. The molecule has 0 aliphatic rings. The zero-order valence-corrected chi connectivity index (χ0v) is 11.6. The van der Waals surface area contributed by atoms with Crippen LogP contribution in [0.25, 0.3) is 0 Å². The minimum Gasteiger partial charge on any atom is -0.310 e. The highest BCUT2D eigenvalue weighted by Crippen LogP contribution is 2.23. The van der Waals surface area contributed by atoms with Crippen LogP contribution in [-0.4, -0.2) is 6.54 Å². The Balaban J connectivity index is 2.16. The van der Waals surface area contributed by atoms with Crippen LogP contribution in [0, 0.1) is 12.7 Å². The summed E-state index contributed by atoms with van der Waals surface area (Å²) in [4.78, 5) is 1.31. The van der Waals surface area contributed by atoms with Crippen LogP contribution in [-0.2, 0) is 6.42 Å². The molecule has 0 fully saturated rings. The Hall–Kier alpha value is -1.19. The van der Waals surface area contributed by atoms with Crippen LogP contribution in [0.4, 0.5) is 4.39 Å². The monoisotopic (exact) mass is 263 g/mol. The van der Waals surface area contributed by atoms with Crippen LogP contribution in [0.15, 0.2) is 35.7 Å². The Morgan fingerprint density at radius 3 is 2.78 bits per heavy atom. The summed E-state index contributed by atoms with van der Waals surface area (Å²) in [6.45, 7) is 5.12. The molecule has 3 heteroatoms. The molecule has 96 valence electrons. The molecule has 0 saturated carbocycles. The summed E-state index contributed by atoms with van der Waals surface area (Å²) in [5, 5.41) is 5.65. The Morgan fingerprint density at radius 2 is 2.17 bits per heavy atom. The van der Waals surface area contributed by atoms with E-state index in [2.05, 4.69) is 30.6 Å². The molecule has 0 radical (unpaired) electrons. The molecule has 1 unspecified atom stereocenters. The van der Waals surface area contributed by atoms with Gasteiger partial charge in [0, 0.05) is 10.9 Å². The van der Waals surface area contributed by atoms with Gasteiger partial charge in [-0.1, -0.05) is 19.1 Å². The van der Waals surface area contributed by atoms with Crippen LogP contribution < -0.4 is 5.32 Å². The van der Waals surface area contributed by atoms with Crippen LogP contribution in [0.5, 0.6) is 0 Å². The highest BCUT2D eigenvalue weighted by molar-refractivity contribution is 7.10. The van der Waals surface area contributed by atoms with Crippen molar-refractivity contribution >= 4 is 11.3 Å². The molecule has 1 N–H and O–H groups in total. The van der Waals surface area contributed by atoms with Crippen molar-refractivity contribution in [2.24, 2.45) is 0 Å². The summed E-state index contributed by atoms with van der Waals surface area (Å²) in [5.74, 6) is -0.163. The second-order valence-electron chi connectivity index (χ2n) is 4.43. The van der Waals surface area contributed by atoms with Gasteiger partial charge in [0.05, 0.1) is 0 Å². The Kier molecular flexibility index (Phi) is 4.50. The topological polar surface area (TPSA) is 12.0 Å². The minimum atomic E-state index is -0.163. The first-order chi connectivity index (χ1) is 8.69. The zero-order chi connectivity index (χ0) is 13.0. The van der Waals surface area contributed by atoms with Crippen molar-refractivity contribution < 1.29 is 4.39 Å². The number of aryl methyl sites for hydroxylation is 1. The van der Waals surface area contributed by atoms with E-state index in [1.807, 2.05) is 6.07 Å². The molecule has 1 aromatic carbocycles. The average molecular weight is 263 g/mol. The molecule has 1 nitrogen and oxygen atoms in total. The van der Waals surface area contributed by atoms with Crippen molar-refractivity contribution in [1.82, 2.24) is 5.32 Å². The lowest BCUT2D eigenvalue weighted by Crippen LogP contribution is -2.22. The Morgan fingerprint density at radius 1 is 1.33 bits per heavy atom. The van der Waals surface area contributed by atoms with Crippen molar-refractivity contribution in [3.05, 3.63) is 57.5 Å². The van der Waals surface area contributed by atoms with Gasteiger partial charge >= 0.3 is 0 Å². The molecule has 0 aliphatic carbocycles. The zero-order valence-electron chi connectivity index (χ0n) is 10.7. The largest absolute Gasteiger partial charge is 0.310 e. The van der Waals surface area contributed by atoms with Crippen molar-refractivity contribution in [2.45, 2.75) is 26.3 Å². The standard InChI is InChI=1S/C15H18FNS/c1-3-17-15(13-7-11(2)18-10-13)9-12-5-4-6-14(16)8-12/h4-8,10,15,17H,3,9H2,1-2H3. The molecule has 0 aliphatic heterocycles. The van der Waals surface area contributed by atoms with Gasteiger partial charge in [0.1, 0.15) is 5.82 Å². The first-order valence-electron chi connectivity index (χ1n) is 6.22. The summed E-state index contributed by atoms with van der Waals surface area (Å²) in [5.41, 5.74) is 2.33. The van der Waals surface area contributed by atoms with Crippen molar-refractivity contribution in [3.63, 3.8) is 0 Å². The van der Waals surface area contributed by atoms with E-state index in [0.29, 0.717) is 0 Å². The van der Waals surface area contributed by atoms with E-state index in [-0.39, 0.29) is 11.9 Å². The van der Waals surface area contributed by atoms with Crippen LogP contribution in [0.3, 0.4) is 0 Å². The van der Waals surface area contributed by atoms with E-state index in [0.717, 1.165) is 18.5 Å². The van der Waals surface area contributed by atoms with E-state index >= 15 is 0 Å². The van der Waals surface area contributed by atoms with Gasteiger partial charge in [0.25, 0.3) is 0 Å². The number of halogens is 1. The molecule has 1 atom stereocenters. The van der Waals surface area contributed by atoms with Gasteiger partial charge in [0.15, 0.2) is 0 Å². The highest BCUT2D eigenvalue weighted by Gasteiger charge is 2.12. The van der Waals surface area contributed by atoms with Gasteiger partial charge in [-0.15, -0.1) is 11.3 Å². The number of benzene rings is 1. The van der Waals surface area contributed by atoms with E-state index in [1.165, 1.54) is 16.5 Å². The molecule has 0 saturated heterocycles. The van der Waals surface area contributed by atoms with Crippen LogP contribution in [0.1, 0.15) is 29.0 Å². The molecule has 18 heavy (non-hydrogen) atoms. The number of nitrogens with one attached hydrogen (secondary N) is 1. The molecule has 1 aromatic heterocycles. The Bertz CT molecular complexity index is 507. The molecule has 0 amide bonds. The third-order valence-corrected chi connectivity index (χ3v) is 3.81. The molecule has 0 spiro atoms. The van der Waals surface area contributed by atoms with Gasteiger partial charge in [0.2, 0.25) is 0 Å². The number of likely N-dealkylation sites (N-methyl/N-ethyl adjacent to an activating group) is 1. The van der Waals surface area contributed by atoms with E-state index in [1.54, 1.807) is 23.5 Å². The minimum absolute atomic E-state index is 0.163. The lowest BCUT2D eigenvalue weighted by atomic mass is 10.0. The first kappa shape index (κ1) is 13.2. The third kappa shape index (κ3) is 3.40. The maximum Gasteiger partial charge on any atom is 0.123 e. The first-order valence-corrected chi connectivity index (χ1v) is 7.10. The summed E-state index contributed by atoms with van der Waals surface area (Å²) >= 11 is 1.76. The fourth-order valence-corrected chi connectivity index (χ4v) is 2.86. The lowest BCUT2D eigenvalue weighted by molar-refractivity contribution is 0.548. The quantitative estimate of drug-likeness (QED) is 0.856. The molecular formula is C15H18FNS. The summed E-state index contributed by atoms with van der Waals surface area (Å²) < 4.78 is 13.2. The number of hydrogen-bond acceptors (Lipinski definition) is 2. The summed E-state index contributed by atoms with van der Waals surface area (Å²) in [7, 11) is 0. The second kappa shape index (κ2) is 6.12. The van der Waals surface area contributed by atoms with E-state index in [4.69, 9.17) is 0 Å². The molecular weight excluding hydrogens is 245 g/mol. The Labute approximate surface area is 112 Å². The van der Waals surface area contributed by atoms with Gasteiger partial charge in [-0.3, -0.25) is 0 Å². The number of rotatable bonds is 5. The number of thiophene rings is 1. The van der Waals surface area contributed by atoms with Crippen molar-refractivity contribution in [3.8, 4) is 0 Å². The molecule has 1 heterocycles. The highest BCUT2D eigenvalue weighted by atomic mass is 32.1. The van der Waals surface area contributed by atoms with Gasteiger partial charge in [-0.2, -0.15) is 0 Å².